The number of rotatable bonds is 6. The second-order valence-corrected chi connectivity index (χ2v) is 8.50. The summed E-state index contributed by atoms with van der Waals surface area (Å²) < 4.78 is 0. The van der Waals surface area contributed by atoms with Crippen molar-refractivity contribution in [1.82, 2.24) is 5.32 Å². The average Bonchev–Trinajstić information content (AvgIpc) is 2.62. The summed E-state index contributed by atoms with van der Waals surface area (Å²) in [5.41, 5.74) is 3.43. The third kappa shape index (κ3) is 5.89. The molecule has 2 N–H and O–H groups in total. The third-order valence-corrected chi connectivity index (χ3v) is 6.08. The van der Waals surface area contributed by atoms with Crippen molar-refractivity contribution in [3.63, 3.8) is 0 Å². The zero-order valence-corrected chi connectivity index (χ0v) is 17.7. The predicted molar refractivity (Wildman–Crippen MR) is 117 cm³/mol. The summed E-state index contributed by atoms with van der Waals surface area (Å²) in [5.74, 6) is 2.88. The molecule has 2 rings (SSSR count). The SMILES string of the molecule is C#C/C=C(C)\C(C(=O)NC1CCCCC1)=C(\O)CC1C=C(C)CCC1C(=C)C. The maximum Gasteiger partial charge on any atom is 0.255 e. The summed E-state index contributed by atoms with van der Waals surface area (Å²) in [6, 6.07) is 0.183. The normalized spacial score (nSPS) is 24.6. The molecular formula is C25H35NO2. The lowest BCUT2D eigenvalue weighted by Crippen LogP contribution is -2.37. The van der Waals surface area contributed by atoms with Crippen molar-refractivity contribution in [3.05, 3.63) is 46.8 Å². The van der Waals surface area contributed by atoms with E-state index in [0.29, 0.717) is 23.5 Å². The zero-order chi connectivity index (χ0) is 20.7. The predicted octanol–water partition coefficient (Wildman–Crippen LogP) is 5.77. The lowest BCUT2D eigenvalue weighted by Gasteiger charge is -2.30. The van der Waals surface area contributed by atoms with E-state index >= 15 is 0 Å². The second-order valence-electron chi connectivity index (χ2n) is 8.50. The summed E-state index contributed by atoms with van der Waals surface area (Å²) in [5, 5.41) is 14.1. The molecular weight excluding hydrogens is 346 g/mol. The summed E-state index contributed by atoms with van der Waals surface area (Å²) >= 11 is 0. The highest BCUT2D eigenvalue weighted by molar-refractivity contribution is 5.98. The van der Waals surface area contributed by atoms with Gasteiger partial charge in [-0.2, -0.15) is 0 Å². The van der Waals surface area contributed by atoms with Gasteiger partial charge in [-0.1, -0.05) is 49.0 Å². The molecule has 2 unspecified atom stereocenters. The number of carbonyl (C=O) groups excluding carboxylic acids is 1. The van der Waals surface area contributed by atoms with Crippen LogP contribution in [0.3, 0.4) is 0 Å². The van der Waals surface area contributed by atoms with E-state index in [-0.39, 0.29) is 23.6 Å². The highest BCUT2D eigenvalue weighted by atomic mass is 16.3. The van der Waals surface area contributed by atoms with E-state index in [0.717, 1.165) is 44.1 Å². The maximum atomic E-state index is 13.0. The summed E-state index contributed by atoms with van der Waals surface area (Å²) in [6.45, 7) is 10.1. The molecule has 0 aromatic rings. The molecule has 0 aliphatic heterocycles. The smallest absolute Gasteiger partial charge is 0.255 e. The van der Waals surface area contributed by atoms with Crippen LogP contribution < -0.4 is 5.32 Å². The van der Waals surface area contributed by atoms with Crippen LogP contribution in [0.25, 0.3) is 0 Å². The first-order valence-electron chi connectivity index (χ1n) is 10.5. The molecule has 0 bridgehead atoms. The molecule has 1 fully saturated rings. The molecule has 3 nitrogen and oxygen atoms in total. The molecule has 0 heterocycles. The van der Waals surface area contributed by atoms with Gasteiger partial charge in [0.05, 0.1) is 5.57 Å². The summed E-state index contributed by atoms with van der Waals surface area (Å²) in [7, 11) is 0. The molecule has 0 saturated heterocycles. The molecule has 2 aliphatic carbocycles. The first-order valence-corrected chi connectivity index (χ1v) is 10.5. The van der Waals surface area contributed by atoms with Crippen LogP contribution in [0.4, 0.5) is 0 Å². The molecule has 152 valence electrons. The van der Waals surface area contributed by atoms with Crippen LogP contribution in [0.15, 0.2) is 46.8 Å². The minimum atomic E-state index is -0.211. The topological polar surface area (TPSA) is 49.3 Å². The van der Waals surface area contributed by atoms with Crippen LogP contribution in [0, 0.1) is 24.2 Å². The number of carbonyl (C=O) groups is 1. The molecule has 0 aromatic heterocycles. The number of allylic oxidation sites excluding steroid dienone is 5. The fraction of sp³-hybridized carbons (Fsp3) is 0.560. The Morgan fingerprint density at radius 3 is 2.61 bits per heavy atom. The summed E-state index contributed by atoms with van der Waals surface area (Å²) in [6.07, 6.45) is 17.3. The van der Waals surface area contributed by atoms with Crippen molar-refractivity contribution >= 4 is 5.91 Å². The van der Waals surface area contributed by atoms with Crippen molar-refractivity contribution in [1.29, 1.82) is 0 Å². The lowest BCUT2D eigenvalue weighted by molar-refractivity contribution is -0.118. The fourth-order valence-electron chi connectivity index (χ4n) is 4.54. The molecule has 28 heavy (non-hydrogen) atoms. The van der Waals surface area contributed by atoms with Gasteiger partial charge in [0.1, 0.15) is 5.76 Å². The van der Waals surface area contributed by atoms with E-state index in [1.54, 1.807) is 13.0 Å². The van der Waals surface area contributed by atoms with Gasteiger partial charge in [0.2, 0.25) is 0 Å². The Morgan fingerprint density at radius 1 is 1.32 bits per heavy atom. The number of nitrogens with one attached hydrogen (secondary N) is 1. The first-order chi connectivity index (χ1) is 13.3. The minimum Gasteiger partial charge on any atom is -0.511 e. The van der Waals surface area contributed by atoms with Crippen LogP contribution in [0.2, 0.25) is 0 Å². The largest absolute Gasteiger partial charge is 0.511 e. The van der Waals surface area contributed by atoms with Crippen molar-refractivity contribution in [2.24, 2.45) is 11.8 Å². The number of aliphatic hydroxyl groups is 1. The van der Waals surface area contributed by atoms with E-state index in [9.17, 15) is 9.90 Å². The van der Waals surface area contributed by atoms with Gasteiger partial charge in [-0.3, -0.25) is 4.79 Å². The molecule has 2 atom stereocenters. The highest BCUT2D eigenvalue weighted by Crippen LogP contribution is 2.37. The molecule has 3 heteroatoms. The van der Waals surface area contributed by atoms with Crippen LogP contribution in [-0.4, -0.2) is 17.1 Å². The summed E-state index contributed by atoms with van der Waals surface area (Å²) in [4.78, 5) is 13.0. The quantitative estimate of drug-likeness (QED) is 0.202. The van der Waals surface area contributed by atoms with Crippen molar-refractivity contribution < 1.29 is 9.90 Å². The molecule has 2 aliphatic rings. The number of hydrogen-bond donors (Lipinski definition) is 2. The van der Waals surface area contributed by atoms with Crippen LogP contribution in [0.5, 0.6) is 0 Å². The molecule has 0 radical (unpaired) electrons. The first kappa shape index (κ1) is 22.1. The average molecular weight is 382 g/mol. The fourth-order valence-corrected chi connectivity index (χ4v) is 4.54. The Hall–Kier alpha value is -2.21. The van der Waals surface area contributed by atoms with Gasteiger partial charge in [0.25, 0.3) is 5.91 Å². The maximum absolute atomic E-state index is 13.0. The van der Waals surface area contributed by atoms with E-state index in [4.69, 9.17) is 6.42 Å². The molecule has 0 aromatic carbocycles. The van der Waals surface area contributed by atoms with Gasteiger partial charge in [0, 0.05) is 12.5 Å². The molecule has 0 spiro atoms. The Bertz CT molecular complexity index is 726. The monoisotopic (exact) mass is 381 g/mol. The van der Waals surface area contributed by atoms with E-state index in [1.165, 1.54) is 12.0 Å². The van der Waals surface area contributed by atoms with Crippen LogP contribution in [-0.2, 0) is 4.79 Å². The van der Waals surface area contributed by atoms with E-state index < -0.39 is 0 Å². The minimum absolute atomic E-state index is 0.125. The molecule has 1 saturated carbocycles. The molecule has 1 amide bonds. The van der Waals surface area contributed by atoms with Gasteiger partial charge < -0.3 is 10.4 Å². The van der Waals surface area contributed by atoms with Crippen molar-refractivity contribution in [2.75, 3.05) is 0 Å². The number of amides is 1. The van der Waals surface area contributed by atoms with E-state index in [1.807, 2.05) is 6.92 Å². The van der Waals surface area contributed by atoms with Gasteiger partial charge in [0.15, 0.2) is 0 Å². The van der Waals surface area contributed by atoms with Gasteiger partial charge in [-0.05, 0) is 69.9 Å². The van der Waals surface area contributed by atoms with Gasteiger partial charge >= 0.3 is 0 Å². The van der Waals surface area contributed by atoms with Gasteiger partial charge in [-0.15, -0.1) is 6.42 Å². The van der Waals surface area contributed by atoms with Gasteiger partial charge in [-0.25, -0.2) is 0 Å². The standard InChI is InChI=1S/C25H35NO2/c1-6-10-19(5)24(25(28)26-21-11-8-7-9-12-21)23(27)16-20-15-18(4)13-14-22(20)17(2)3/h1,10,15,20-22,27H,2,7-9,11-14,16H2,3-5H3,(H,26,28)/b19-10-,24-23-. The Kier molecular flexibility index (Phi) is 8.18. The van der Waals surface area contributed by atoms with Crippen LogP contribution >= 0.6 is 0 Å². The highest BCUT2D eigenvalue weighted by Gasteiger charge is 2.28. The van der Waals surface area contributed by atoms with E-state index in [2.05, 4.69) is 30.8 Å². The Labute approximate surface area is 170 Å². The number of aliphatic hydroxyl groups excluding tert-OH is 1. The third-order valence-electron chi connectivity index (χ3n) is 6.08. The number of hydrogen-bond acceptors (Lipinski definition) is 2. The Morgan fingerprint density at radius 2 is 2.00 bits per heavy atom. The van der Waals surface area contributed by atoms with Crippen LogP contribution in [0.1, 0.15) is 72.1 Å². The number of terminal acetylenes is 1. The zero-order valence-electron chi connectivity index (χ0n) is 17.7. The second kappa shape index (κ2) is 10.4. The van der Waals surface area contributed by atoms with Crippen molar-refractivity contribution in [2.45, 2.75) is 78.2 Å². The Balaban J connectivity index is 2.28. The lowest BCUT2D eigenvalue weighted by atomic mass is 9.75. The van der Waals surface area contributed by atoms with Crippen molar-refractivity contribution in [3.8, 4) is 12.3 Å².